The minimum absolute atomic E-state index is 0.00935. The number of likely N-dealkylation sites (tertiary alicyclic amines) is 1. The molecule has 0 saturated carbocycles. The number of nitro groups is 1. The maximum Gasteiger partial charge on any atom is 0.335 e. The molecule has 2 rings (SSSR count). The zero-order valence-corrected chi connectivity index (χ0v) is 12.2. The van der Waals surface area contributed by atoms with Crippen LogP contribution in [0.3, 0.4) is 0 Å². The van der Waals surface area contributed by atoms with Crippen LogP contribution in [0.25, 0.3) is 0 Å². The van der Waals surface area contributed by atoms with Gasteiger partial charge in [0.15, 0.2) is 18.0 Å². The largest absolute Gasteiger partial charge is 0.479 e. The number of ether oxygens (including phenoxy) is 1. The SMILES string of the molecule is O=C(COc1ccccc1[N+](=O)[O-])N1CCC(O)(C(=O)O)CC1. The number of carboxylic acid groups (broad SMARTS) is 1. The molecule has 1 heterocycles. The fourth-order valence-electron chi connectivity index (χ4n) is 2.30. The molecule has 0 spiro atoms. The van der Waals surface area contributed by atoms with E-state index in [1.807, 2.05) is 0 Å². The van der Waals surface area contributed by atoms with Gasteiger partial charge in [0.25, 0.3) is 5.91 Å². The molecule has 1 fully saturated rings. The molecule has 1 aliphatic heterocycles. The van der Waals surface area contributed by atoms with Crippen molar-refractivity contribution >= 4 is 17.6 Å². The molecule has 9 heteroatoms. The van der Waals surface area contributed by atoms with Crippen molar-refractivity contribution in [3.63, 3.8) is 0 Å². The van der Waals surface area contributed by atoms with E-state index in [9.17, 15) is 24.8 Å². The lowest BCUT2D eigenvalue weighted by Gasteiger charge is -2.35. The number of carbonyl (C=O) groups is 2. The molecule has 1 aromatic carbocycles. The van der Waals surface area contributed by atoms with Crippen LogP contribution in [0.15, 0.2) is 24.3 Å². The Kier molecular flexibility index (Phi) is 4.80. The summed E-state index contributed by atoms with van der Waals surface area (Å²) >= 11 is 0. The van der Waals surface area contributed by atoms with E-state index in [2.05, 4.69) is 0 Å². The van der Waals surface area contributed by atoms with Crippen LogP contribution in [0.5, 0.6) is 5.75 Å². The average molecular weight is 324 g/mol. The fraction of sp³-hybridized carbons (Fsp3) is 0.429. The molecule has 0 aromatic heterocycles. The van der Waals surface area contributed by atoms with Crippen LogP contribution in [0.1, 0.15) is 12.8 Å². The molecule has 9 nitrogen and oxygen atoms in total. The predicted molar refractivity (Wildman–Crippen MR) is 77.0 cm³/mol. The number of benzene rings is 1. The number of carbonyl (C=O) groups excluding carboxylic acids is 1. The lowest BCUT2D eigenvalue weighted by molar-refractivity contribution is -0.385. The van der Waals surface area contributed by atoms with E-state index in [1.54, 1.807) is 6.07 Å². The number of hydrogen-bond donors (Lipinski definition) is 2. The van der Waals surface area contributed by atoms with Crippen LogP contribution >= 0.6 is 0 Å². The van der Waals surface area contributed by atoms with Crippen molar-refractivity contribution in [1.29, 1.82) is 0 Å². The number of aliphatic hydroxyl groups is 1. The molecule has 0 bridgehead atoms. The topological polar surface area (TPSA) is 130 Å². The average Bonchev–Trinajstić information content (AvgIpc) is 2.53. The second-order valence-corrected chi connectivity index (χ2v) is 5.23. The van der Waals surface area contributed by atoms with E-state index < -0.39 is 29.0 Å². The summed E-state index contributed by atoms with van der Waals surface area (Å²) in [6, 6.07) is 5.71. The monoisotopic (exact) mass is 324 g/mol. The zero-order valence-electron chi connectivity index (χ0n) is 12.2. The molecule has 0 radical (unpaired) electrons. The summed E-state index contributed by atoms with van der Waals surface area (Å²) in [7, 11) is 0. The third-order valence-electron chi connectivity index (χ3n) is 3.75. The number of hydrogen-bond acceptors (Lipinski definition) is 6. The lowest BCUT2D eigenvalue weighted by Crippen LogP contribution is -2.51. The number of rotatable bonds is 5. The summed E-state index contributed by atoms with van der Waals surface area (Å²) in [5.74, 6) is -1.73. The van der Waals surface area contributed by atoms with Crippen molar-refractivity contribution in [2.24, 2.45) is 0 Å². The van der Waals surface area contributed by atoms with Gasteiger partial charge in [0.1, 0.15) is 0 Å². The Balaban J connectivity index is 1.92. The van der Waals surface area contributed by atoms with E-state index >= 15 is 0 Å². The predicted octanol–water partition coefficient (Wildman–Crippen LogP) is 0.412. The number of amides is 1. The molecule has 1 aliphatic rings. The van der Waals surface area contributed by atoms with Crippen LogP contribution in [-0.2, 0) is 9.59 Å². The van der Waals surface area contributed by atoms with E-state index in [-0.39, 0.29) is 37.4 Å². The standard InChI is InChI=1S/C14H16N2O7/c17-12(15-7-5-14(20,6-8-15)13(18)19)9-23-11-4-2-1-3-10(11)16(21)22/h1-4,20H,5-9H2,(H,18,19). The van der Waals surface area contributed by atoms with Gasteiger partial charge < -0.3 is 19.8 Å². The highest BCUT2D eigenvalue weighted by molar-refractivity contribution is 5.80. The minimum atomic E-state index is -1.81. The Bertz CT molecular complexity index is 623. The highest BCUT2D eigenvalue weighted by atomic mass is 16.6. The molecule has 1 amide bonds. The van der Waals surface area contributed by atoms with Crippen LogP contribution in [0, 0.1) is 10.1 Å². The molecule has 1 saturated heterocycles. The molecule has 0 aliphatic carbocycles. The molecule has 0 atom stereocenters. The zero-order chi connectivity index (χ0) is 17.0. The molecule has 23 heavy (non-hydrogen) atoms. The van der Waals surface area contributed by atoms with Gasteiger partial charge in [0, 0.05) is 32.0 Å². The third-order valence-corrected chi connectivity index (χ3v) is 3.75. The van der Waals surface area contributed by atoms with Gasteiger partial charge in [-0.25, -0.2) is 4.79 Å². The maximum absolute atomic E-state index is 12.0. The summed E-state index contributed by atoms with van der Waals surface area (Å²) in [6.45, 7) is -0.222. The number of para-hydroxylation sites is 2. The molecular formula is C14H16N2O7. The van der Waals surface area contributed by atoms with E-state index in [0.29, 0.717) is 0 Å². The number of nitrogens with zero attached hydrogens (tertiary/aromatic N) is 2. The molecule has 0 unspecified atom stereocenters. The third kappa shape index (κ3) is 3.75. The summed E-state index contributed by atoms with van der Waals surface area (Å²) in [4.78, 5) is 34.6. The van der Waals surface area contributed by atoms with Crippen molar-refractivity contribution < 1.29 is 29.5 Å². The van der Waals surface area contributed by atoms with Gasteiger partial charge in [-0.05, 0) is 6.07 Å². The van der Waals surface area contributed by atoms with Gasteiger partial charge in [-0.3, -0.25) is 14.9 Å². The van der Waals surface area contributed by atoms with Crippen LogP contribution < -0.4 is 4.74 Å². The Labute approximate surface area is 131 Å². The first-order valence-electron chi connectivity index (χ1n) is 6.93. The lowest BCUT2D eigenvalue weighted by atomic mass is 9.92. The smallest absolute Gasteiger partial charge is 0.335 e. The van der Waals surface area contributed by atoms with E-state index in [4.69, 9.17) is 9.84 Å². The van der Waals surface area contributed by atoms with Gasteiger partial charge in [-0.2, -0.15) is 0 Å². The number of piperidine rings is 1. The van der Waals surface area contributed by atoms with Gasteiger partial charge in [-0.15, -0.1) is 0 Å². The van der Waals surface area contributed by atoms with Crippen molar-refractivity contribution in [3.05, 3.63) is 34.4 Å². The Morgan fingerprint density at radius 2 is 1.91 bits per heavy atom. The van der Waals surface area contributed by atoms with Gasteiger partial charge >= 0.3 is 11.7 Å². The number of aliphatic carboxylic acids is 1. The number of nitro benzene ring substituents is 1. The summed E-state index contributed by atoms with van der Waals surface area (Å²) in [6.07, 6.45) is -0.140. The molecule has 1 aromatic rings. The molecule has 2 N–H and O–H groups in total. The Hall–Kier alpha value is -2.68. The van der Waals surface area contributed by atoms with Crippen LogP contribution in [0.4, 0.5) is 5.69 Å². The van der Waals surface area contributed by atoms with E-state index in [0.717, 1.165) is 0 Å². The van der Waals surface area contributed by atoms with Crippen molar-refractivity contribution in [1.82, 2.24) is 4.90 Å². The molecular weight excluding hydrogens is 308 g/mol. The van der Waals surface area contributed by atoms with Gasteiger partial charge in [0.05, 0.1) is 4.92 Å². The van der Waals surface area contributed by atoms with Crippen molar-refractivity contribution in [3.8, 4) is 5.75 Å². The quantitative estimate of drug-likeness (QED) is 0.592. The summed E-state index contributed by atoms with van der Waals surface area (Å²) < 4.78 is 5.20. The first-order chi connectivity index (χ1) is 10.8. The van der Waals surface area contributed by atoms with Crippen molar-refractivity contribution in [2.45, 2.75) is 18.4 Å². The van der Waals surface area contributed by atoms with E-state index in [1.165, 1.54) is 23.1 Å². The second kappa shape index (κ2) is 6.61. The first-order valence-corrected chi connectivity index (χ1v) is 6.93. The Morgan fingerprint density at radius 1 is 1.30 bits per heavy atom. The fourth-order valence-corrected chi connectivity index (χ4v) is 2.30. The van der Waals surface area contributed by atoms with Crippen LogP contribution in [0.2, 0.25) is 0 Å². The van der Waals surface area contributed by atoms with Gasteiger partial charge in [-0.1, -0.05) is 12.1 Å². The maximum atomic E-state index is 12.0. The van der Waals surface area contributed by atoms with Crippen molar-refractivity contribution in [2.75, 3.05) is 19.7 Å². The van der Waals surface area contributed by atoms with Gasteiger partial charge in [0.2, 0.25) is 0 Å². The first kappa shape index (κ1) is 16.7. The minimum Gasteiger partial charge on any atom is -0.479 e. The summed E-state index contributed by atoms with van der Waals surface area (Å²) in [5, 5.41) is 29.6. The summed E-state index contributed by atoms with van der Waals surface area (Å²) in [5.41, 5.74) is -2.05. The highest BCUT2D eigenvalue weighted by Gasteiger charge is 2.40. The Morgan fingerprint density at radius 3 is 2.48 bits per heavy atom. The number of carboxylic acids is 1. The highest BCUT2D eigenvalue weighted by Crippen LogP contribution is 2.26. The normalized spacial score (nSPS) is 16.7. The second-order valence-electron chi connectivity index (χ2n) is 5.23. The molecule has 124 valence electrons. The van der Waals surface area contributed by atoms with Crippen LogP contribution in [-0.4, -0.2) is 57.2 Å².